The van der Waals surface area contributed by atoms with Gasteiger partial charge in [0.15, 0.2) is 0 Å². The molecule has 3 rings (SSSR count). The summed E-state index contributed by atoms with van der Waals surface area (Å²) in [7, 11) is 3.94. The van der Waals surface area contributed by atoms with Crippen molar-refractivity contribution < 1.29 is 18.0 Å². The van der Waals surface area contributed by atoms with Crippen LogP contribution in [0.15, 0.2) is 24.3 Å². The minimum Gasteiger partial charge on any atom is -0.338 e. The zero-order chi connectivity index (χ0) is 18.9. The molecule has 2 fully saturated rings. The Bertz CT molecular complexity index is 638. The third-order valence-corrected chi connectivity index (χ3v) is 5.61. The molecular formula is C20H27F3N2O. The third-order valence-electron chi connectivity index (χ3n) is 5.61. The second-order valence-electron chi connectivity index (χ2n) is 7.81. The van der Waals surface area contributed by atoms with Crippen molar-refractivity contribution in [3.8, 4) is 0 Å². The van der Waals surface area contributed by atoms with E-state index in [0.29, 0.717) is 13.0 Å². The molecule has 0 N–H and O–H groups in total. The molecule has 1 amide bonds. The molecule has 2 aliphatic rings. The van der Waals surface area contributed by atoms with Crippen LogP contribution in [0.3, 0.4) is 0 Å². The van der Waals surface area contributed by atoms with Gasteiger partial charge in [0, 0.05) is 25.0 Å². The number of carbonyl (C=O) groups is 1. The van der Waals surface area contributed by atoms with Crippen LogP contribution in [-0.2, 0) is 11.0 Å². The van der Waals surface area contributed by atoms with E-state index in [9.17, 15) is 18.0 Å². The summed E-state index contributed by atoms with van der Waals surface area (Å²) in [6.07, 6.45) is 0.425. The van der Waals surface area contributed by atoms with E-state index in [-0.39, 0.29) is 29.3 Å². The summed E-state index contributed by atoms with van der Waals surface area (Å²) in [6.45, 7) is 1.43. The molecule has 6 heteroatoms. The van der Waals surface area contributed by atoms with Crippen LogP contribution in [-0.4, -0.2) is 48.9 Å². The minimum atomic E-state index is -4.37. The van der Waals surface area contributed by atoms with Crippen LogP contribution in [0.5, 0.6) is 0 Å². The van der Waals surface area contributed by atoms with Crippen molar-refractivity contribution in [3.63, 3.8) is 0 Å². The highest BCUT2D eigenvalue weighted by molar-refractivity contribution is 5.83. The van der Waals surface area contributed by atoms with E-state index in [0.717, 1.165) is 38.3 Å². The fourth-order valence-electron chi connectivity index (χ4n) is 4.10. The highest BCUT2D eigenvalue weighted by Gasteiger charge is 2.49. The summed E-state index contributed by atoms with van der Waals surface area (Å²) in [6, 6.07) is 5.94. The molecule has 1 aromatic carbocycles. The maximum absolute atomic E-state index is 13.3. The molecule has 0 radical (unpaired) electrons. The second-order valence-corrected chi connectivity index (χ2v) is 7.81. The van der Waals surface area contributed by atoms with Gasteiger partial charge in [0.1, 0.15) is 0 Å². The van der Waals surface area contributed by atoms with Gasteiger partial charge >= 0.3 is 6.18 Å². The van der Waals surface area contributed by atoms with Crippen molar-refractivity contribution in [2.75, 3.05) is 27.2 Å². The highest BCUT2D eigenvalue weighted by atomic mass is 19.4. The number of amides is 1. The first kappa shape index (κ1) is 19.2. The first-order valence-corrected chi connectivity index (χ1v) is 9.40. The van der Waals surface area contributed by atoms with Gasteiger partial charge in [-0.2, -0.15) is 13.2 Å². The number of halogens is 3. The Morgan fingerprint density at radius 1 is 1.12 bits per heavy atom. The molecule has 0 heterocycles. The van der Waals surface area contributed by atoms with Crippen molar-refractivity contribution in [1.82, 2.24) is 9.80 Å². The van der Waals surface area contributed by atoms with E-state index in [1.54, 1.807) is 6.07 Å². The topological polar surface area (TPSA) is 23.6 Å². The molecule has 2 atom stereocenters. The minimum absolute atomic E-state index is 0.0423. The number of rotatable bonds is 6. The SMILES string of the molecule is CN(C)CCN(C(=O)C1CC1c1ccccc1C(F)(F)F)C1CCCC1. The van der Waals surface area contributed by atoms with E-state index in [1.807, 2.05) is 23.9 Å². The maximum atomic E-state index is 13.3. The zero-order valence-corrected chi connectivity index (χ0v) is 15.4. The van der Waals surface area contributed by atoms with Crippen LogP contribution in [0, 0.1) is 5.92 Å². The number of hydrogen-bond donors (Lipinski definition) is 0. The van der Waals surface area contributed by atoms with E-state index < -0.39 is 11.7 Å². The van der Waals surface area contributed by atoms with Gasteiger partial charge in [0.05, 0.1) is 5.56 Å². The van der Waals surface area contributed by atoms with Gasteiger partial charge in [-0.05, 0) is 50.9 Å². The van der Waals surface area contributed by atoms with E-state index >= 15 is 0 Å². The largest absolute Gasteiger partial charge is 0.416 e. The summed E-state index contributed by atoms with van der Waals surface area (Å²) in [5.74, 6) is -0.564. The molecule has 3 nitrogen and oxygen atoms in total. The molecule has 0 saturated heterocycles. The fraction of sp³-hybridized carbons (Fsp3) is 0.650. The molecule has 1 aromatic rings. The Morgan fingerprint density at radius 2 is 1.77 bits per heavy atom. The van der Waals surface area contributed by atoms with Gasteiger partial charge in [0.2, 0.25) is 5.91 Å². The van der Waals surface area contributed by atoms with Crippen LogP contribution in [0.25, 0.3) is 0 Å². The average Bonchev–Trinajstić information content (AvgIpc) is 3.20. The molecule has 144 valence electrons. The summed E-state index contributed by atoms with van der Waals surface area (Å²) < 4.78 is 39.8. The summed E-state index contributed by atoms with van der Waals surface area (Å²) in [5.41, 5.74) is -0.321. The molecule has 2 saturated carbocycles. The van der Waals surface area contributed by atoms with Gasteiger partial charge < -0.3 is 9.80 Å². The van der Waals surface area contributed by atoms with E-state index in [1.165, 1.54) is 12.1 Å². The van der Waals surface area contributed by atoms with Crippen LogP contribution < -0.4 is 0 Å². The molecular weight excluding hydrogens is 341 g/mol. The lowest BCUT2D eigenvalue weighted by Crippen LogP contribution is -2.43. The molecule has 0 aliphatic heterocycles. The molecule has 0 bridgehead atoms. The van der Waals surface area contributed by atoms with E-state index in [2.05, 4.69) is 0 Å². The lowest BCUT2D eigenvalue weighted by atomic mass is 10.0. The Hall–Kier alpha value is -1.56. The summed E-state index contributed by atoms with van der Waals surface area (Å²) in [5, 5.41) is 0. The number of nitrogens with zero attached hydrogens (tertiary/aromatic N) is 2. The summed E-state index contributed by atoms with van der Waals surface area (Å²) >= 11 is 0. The standard InChI is InChI=1S/C20H27F3N2O/c1-24(2)11-12-25(14-7-3-4-8-14)19(26)17-13-16(17)15-9-5-6-10-18(15)20(21,22)23/h5-6,9-10,14,16-17H,3-4,7-8,11-13H2,1-2H3. The van der Waals surface area contributed by atoms with Gasteiger partial charge in [-0.25, -0.2) is 0 Å². The second kappa shape index (κ2) is 7.59. The normalized spacial score (nSPS) is 23.5. The van der Waals surface area contributed by atoms with Gasteiger partial charge in [-0.1, -0.05) is 31.0 Å². The summed E-state index contributed by atoms with van der Waals surface area (Å²) in [4.78, 5) is 17.1. The van der Waals surface area contributed by atoms with Crippen molar-refractivity contribution in [2.45, 2.75) is 50.2 Å². The Morgan fingerprint density at radius 3 is 2.38 bits per heavy atom. The molecule has 2 unspecified atom stereocenters. The Balaban J connectivity index is 1.74. The fourth-order valence-corrected chi connectivity index (χ4v) is 4.10. The Kier molecular flexibility index (Phi) is 5.61. The van der Waals surface area contributed by atoms with Crippen LogP contribution >= 0.6 is 0 Å². The average molecular weight is 368 g/mol. The first-order chi connectivity index (χ1) is 12.3. The Labute approximate surface area is 153 Å². The predicted molar refractivity (Wildman–Crippen MR) is 94.8 cm³/mol. The zero-order valence-electron chi connectivity index (χ0n) is 15.4. The van der Waals surface area contributed by atoms with Crippen LogP contribution in [0.2, 0.25) is 0 Å². The molecule has 0 spiro atoms. The van der Waals surface area contributed by atoms with E-state index in [4.69, 9.17) is 0 Å². The van der Waals surface area contributed by atoms with Gasteiger partial charge in [0.25, 0.3) is 0 Å². The molecule has 2 aliphatic carbocycles. The molecule has 26 heavy (non-hydrogen) atoms. The molecule has 0 aromatic heterocycles. The lowest BCUT2D eigenvalue weighted by Gasteiger charge is -2.30. The van der Waals surface area contributed by atoms with Gasteiger partial charge in [-0.3, -0.25) is 4.79 Å². The number of benzene rings is 1. The van der Waals surface area contributed by atoms with Crippen molar-refractivity contribution in [2.24, 2.45) is 5.92 Å². The maximum Gasteiger partial charge on any atom is 0.416 e. The van der Waals surface area contributed by atoms with Crippen LogP contribution in [0.4, 0.5) is 13.2 Å². The number of alkyl halides is 3. The van der Waals surface area contributed by atoms with Crippen LogP contribution in [0.1, 0.15) is 49.1 Å². The number of hydrogen-bond acceptors (Lipinski definition) is 2. The third kappa shape index (κ3) is 4.22. The van der Waals surface area contributed by atoms with Crippen molar-refractivity contribution in [1.29, 1.82) is 0 Å². The van der Waals surface area contributed by atoms with Crippen molar-refractivity contribution in [3.05, 3.63) is 35.4 Å². The first-order valence-electron chi connectivity index (χ1n) is 9.40. The number of carbonyl (C=O) groups excluding carboxylic acids is 1. The monoisotopic (exact) mass is 368 g/mol. The lowest BCUT2D eigenvalue weighted by molar-refractivity contribution is -0.139. The quantitative estimate of drug-likeness (QED) is 0.753. The van der Waals surface area contributed by atoms with Gasteiger partial charge in [-0.15, -0.1) is 0 Å². The van der Waals surface area contributed by atoms with Crippen molar-refractivity contribution >= 4 is 5.91 Å². The number of likely N-dealkylation sites (N-methyl/N-ethyl adjacent to an activating group) is 1. The highest BCUT2D eigenvalue weighted by Crippen LogP contribution is 2.52. The predicted octanol–water partition coefficient (Wildman–Crippen LogP) is 4.14. The smallest absolute Gasteiger partial charge is 0.338 e.